The molecule has 26 heavy (non-hydrogen) atoms. The van der Waals surface area contributed by atoms with Gasteiger partial charge in [0.05, 0.1) is 9.93 Å². The van der Waals surface area contributed by atoms with E-state index in [1.807, 2.05) is 0 Å². The van der Waals surface area contributed by atoms with Gasteiger partial charge in [-0.1, -0.05) is 72.0 Å². The molecule has 0 bridgehead atoms. The Bertz CT molecular complexity index is 913. The highest BCUT2D eigenvalue weighted by Gasteiger charge is 2.41. The van der Waals surface area contributed by atoms with Crippen molar-refractivity contribution in [3.05, 3.63) is 75.4 Å². The standard InChI is InChI=1S/C18H11ClFNO3S2/c19-12-7-4-8-13(20)11(12)9-14-16(22)21(18(25)26-14)15(17(23)24)10-5-2-1-3-6-10/h1-9,15H,(H,23,24). The minimum absolute atomic E-state index is 0.0567. The van der Waals surface area contributed by atoms with E-state index in [1.165, 1.54) is 24.3 Å². The first-order valence-electron chi connectivity index (χ1n) is 7.39. The first-order valence-corrected chi connectivity index (χ1v) is 8.99. The van der Waals surface area contributed by atoms with Gasteiger partial charge < -0.3 is 5.11 Å². The fourth-order valence-electron chi connectivity index (χ4n) is 2.52. The summed E-state index contributed by atoms with van der Waals surface area (Å²) < 4.78 is 14.1. The lowest BCUT2D eigenvalue weighted by Gasteiger charge is -2.23. The lowest BCUT2D eigenvalue weighted by molar-refractivity contribution is -0.145. The lowest BCUT2D eigenvalue weighted by atomic mass is 10.1. The Morgan fingerprint density at radius 1 is 1.23 bits per heavy atom. The van der Waals surface area contributed by atoms with Crippen LogP contribution in [0.3, 0.4) is 0 Å². The molecule has 2 aromatic carbocycles. The number of rotatable bonds is 4. The van der Waals surface area contributed by atoms with Crippen LogP contribution in [-0.4, -0.2) is 26.2 Å². The number of nitrogens with zero attached hydrogens (tertiary/aromatic N) is 1. The van der Waals surface area contributed by atoms with Crippen molar-refractivity contribution in [2.24, 2.45) is 0 Å². The van der Waals surface area contributed by atoms with E-state index in [4.69, 9.17) is 23.8 Å². The van der Waals surface area contributed by atoms with Crippen LogP contribution in [0, 0.1) is 5.82 Å². The van der Waals surface area contributed by atoms with Gasteiger partial charge in [-0.3, -0.25) is 9.69 Å². The average molecular weight is 408 g/mol. The molecule has 2 aromatic rings. The van der Waals surface area contributed by atoms with E-state index >= 15 is 0 Å². The molecule has 0 spiro atoms. The molecule has 1 aliphatic rings. The van der Waals surface area contributed by atoms with Gasteiger partial charge in [0, 0.05) is 5.56 Å². The van der Waals surface area contributed by atoms with Crippen molar-refractivity contribution in [2.75, 3.05) is 0 Å². The third-order valence-corrected chi connectivity index (χ3v) is 5.37. The fourth-order valence-corrected chi connectivity index (χ4v) is 4.03. The predicted octanol–water partition coefficient (Wildman–Crippen LogP) is 4.51. The average Bonchev–Trinajstić information content (AvgIpc) is 2.87. The molecule has 1 N–H and O–H groups in total. The van der Waals surface area contributed by atoms with E-state index in [9.17, 15) is 19.1 Å². The molecule has 8 heteroatoms. The number of halogens is 2. The highest BCUT2D eigenvalue weighted by molar-refractivity contribution is 8.26. The van der Waals surface area contributed by atoms with E-state index in [1.54, 1.807) is 30.3 Å². The van der Waals surface area contributed by atoms with Crippen LogP contribution in [0.1, 0.15) is 17.2 Å². The number of carboxylic acid groups (broad SMARTS) is 1. The summed E-state index contributed by atoms with van der Waals surface area (Å²) in [5.74, 6) is -2.39. The monoisotopic (exact) mass is 407 g/mol. The second kappa shape index (κ2) is 7.57. The Labute approximate surface area is 163 Å². The zero-order chi connectivity index (χ0) is 18.8. The van der Waals surface area contributed by atoms with Crippen molar-refractivity contribution in [2.45, 2.75) is 6.04 Å². The summed E-state index contributed by atoms with van der Waals surface area (Å²) in [6.45, 7) is 0. The first kappa shape index (κ1) is 18.6. The number of thiocarbonyl (C=S) groups is 1. The van der Waals surface area contributed by atoms with E-state index in [0.29, 0.717) is 5.56 Å². The smallest absolute Gasteiger partial charge is 0.331 e. The highest BCUT2D eigenvalue weighted by Crippen LogP contribution is 2.39. The molecule has 1 unspecified atom stereocenters. The number of hydrogen-bond donors (Lipinski definition) is 1. The van der Waals surface area contributed by atoms with Crippen LogP contribution in [0.5, 0.6) is 0 Å². The third-order valence-electron chi connectivity index (χ3n) is 3.71. The van der Waals surface area contributed by atoms with Crippen molar-refractivity contribution in [1.82, 2.24) is 4.90 Å². The molecule has 0 aliphatic carbocycles. The van der Waals surface area contributed by atoms with Gasteiger partial charge in [-0.25, -0.2) is 9.18 Å². The largest absolute Gasteiger partial charge is 0.479 e. The van der Waals surface area contributed by atoms with Gasteiger partial charge >= 0.3 is 5.97 Å². The zero-order valence-electron chi connectivity index (χ0n) is 13.1. The van der Waals surface area contributed by atoms with Crippen molar-refractivity contribution >= 4 is 57.9 Å². The molecule has 1 saturated heterocycles. The summed E-state index contributed by atoms with van der Waals surface area (Å²) in [7, 11) is 0. The Hall–Kier alpha value is -2.22. The molecule has 1 amide bonds. The second-order valence-electron chi connectivity index (χ2n) is 5.34. The molecule has 0 aromatic heterocycles. The third kappa shape index (κ3) is 3.51. The molecule has 1 heterocycles. The number of amides is 1. The maximum atomic E-state index is 14.0. The van der Waals surface area contributed by atoms with E-state index in [-0.39, 0.29) is 19.8 Å². The van der Waals surface area contributed by atoms with Gasteiger partial charge in [0.2, 0.25) is 0 Å². The number of carbonyl (C=O) groups is 2. The van der Waals surface area contributed by atoms with Crippen molar-refractivity contribution in [3.63, 3.8) is 0 Å². The Kier molecular flexibility index (Phi) is 5.41. The molecule has 4 nitrogen and oxygen atoms in total. The van der Waals surface area contributed by atoms with Crippen molar-refractivity contribution in [3.8, 4) is 0 Å². The number of aliphatic carboxylic acids is 1. The van der Waals surface area contributed by atoms with Crippen LogP contribution in [0.4, 0.5) is 4.39 Å². The summed E-state index contributed by atoms with van der Waals surface area (Å²) in [6.07, 6.45) is 1.29. The van der Waals surface area contributed by atoms with E-state index in [2.05, 4.69) is 0 Å². The second-order valence-corrected chi connectivity index (χ2v) is 7.42. The molecule has 1 atom stereocenters. The predicted molar refractivity (Wildman–Crippen MR) is 103 cm³/mol. The Balaban J connectivity index is 2.01. The molecule has 132 valence electrons. The van der Waals surface area contributed by atoms with Crippen LogP contribution in [0.25, 0.3) is 6.08 Å². The SMILES string of the molecule is O=C(O)C(c1ccccc1)N1C(=O)C(=Cc2c(F)cccc2Cl)SC1=S. The lowest BCUT2D eigenvalue weighted by Crippen LogP contribution is -2.37. The molecular formula is C18H11ClFNO3S2. The highest BCUT2D eigenvalue weighted by atomic mass is 35.5. The van der Waals surface area contributed by atoms with Crippen molar-refractivity contribution < 1.29 is 19.1 Å². The van der Waals surface area contributed by atoms with Crippen LogP contribution in [-0.2, 0) is 9.59 Å². The van der Waals surface area contributed by atoms with Gasteiger partial charge in [-0.15, -0.1) is 0 Å². The molecule has 0 radical (unpaired) electrons. The number of benzene rings is 2. The quantitative estimate of drug-likeness (QED) is 0.597. The maximum absolute atomic E-state index is 14.0. The van der Waals surface area contributed by atoms with Gasteiger partial charge in [-0.05, 0) is 23.8 Å². The molecule has 0 saturated carbocycles. The molecule has 3 rings (SSSR count). The topological polar surface area (TPSA) is 57.6 Å². The van der Waals surface area contributed by atoms with Gasteiger partial charge in [0.25, 0.3) is 5.91 Å². The van der Waals surface area contributed by atoms with Crippen molar-refractivity contribution in [1.29, 1.82) is 0 Å². The zero-order valence-corrected chi connectivity index (χ0v) is 15.4. The van der Waals surface area contributed by atoms with Crippen LogP contribution >= 0.6 is 35.6 Å². The normalized spacial score (nSPS) is 17.0. The summed E-state index contributed by atoms with van der Waals surface area (Å²) in [6, 6.07) is 11.2. The molecule has 1 fully saturated rings. The van der Waals surface area contributed by atoms with E-state index in [0.717, 1.165) is 16.7 Å². The summed E-state index contributed by atoms with van der Waals surface area (Å²) >= 11 is 12.1. The minimum atomic E-state index is -1.26. The summed E-state index contributed by atoms with van der Waals surface area (Å²) in [4.78, 5) is 25.7. The van der Waals surface area contributed by atoms with Crippen LogP contribution in [0.15, 0.2) is 53.4 Å². The maximum Gasteiger partial charge on any atom is 0.331 e. The van der Waals surface area contributed by atoms with Crippen LogP contribution in [0.2, 0.25) is 5.02 Å². The number of carbonyl (C=O) groups excluding carboxylic acids is 1. The number of hydrogen-bond acceptors (Lipinski definition) is 4. The Morgan fingerprint density at radius 2 is 1.92 bits per heavy atom. The van der Waals surface area contributed by atoms with Gasteiger partial charge in [0.1, 0.15) is 10.1 Å². The van der Waals surface area contributed by atoms with E-state index < -0.39 is 23.7 Å². The number of carboxylic acids is 1. The molecular weight excluding hydrogens is 397 g/mol. The summed E-state index contributed by atoms with van der Waals surface area (Å²) in [5.41, 5.74) is 0.475. The Morgan fingerprint density at radius 3 is 2.54 bits per heavy atom. The summed E-state index contributed by atoms with van der Waals surface area (Å²) in [5, 5.41) is 9.77. The number of thioether (sulfide) groups is 1. The molecule has 1 aliphatic heterocycles. The minimum Gasteiger partial charge on any atom is -0.479 e. The van der Waals surface area contributed by atoms with Crippen LogP contribution < -0.4 is 0 Å². The van der Waals surface area contributed by atoms with Gasteiger partial charge in [0.15, 0.2) is 6.04 Å². The van der Waals surface area contributed by atoms with Gasteiger partial charge in [-0.2, -0.15) is 0 Å². The fraction of sp³-hybridized carbons (Fsp3) is 0.0556. The first-order chi connectivity index (χ1) is 12.4.